The molecule has 0 aliphatic carbocycles. The quantitative estimate of drug-likeness (QED) is 0.141. The van der Waals surface area contributed by atoms with E-state index in [4.69, 9.17) is 5.73 Å². The summed E-state index contributed by atoms with van der Waals surface area (Å²) < 4.78 is 14.7. The van der Waals surface area contributed by atoms with Gasteiger partial charge in [0.1, 0.15) is 17.9 Å². The minimum absolute atomic E-state index is 0.0149. The van der Waals surface area contributed by atoms with E-state index in [1.807, 2.05) is 38.2 Å². The molecule has 0 unspecified atom stereocenters. The Hall–Kier alpha value is -5.12. The lowest BCUT2D eigenvalue weighted by molar-refractivity contribution is -0.104. The van der Waals surface area contributed by atoms with Gasteiger partial charge in [-0.3, -0.25) is 9.59 Å². The number of nitrogens with zero attached hydrogens (tertiary/aromatic N) is 4. The van der Waals surface area contributed by atoms with Gasteiger partial charge in [0.25, 0.3) is 11.9 Å². The lowest BCUT2D eigenvalue weighted by Crippen LogP contribution is -2.23. The molecule has 9 nitrogen and oxygen atoms in total. The molecule has 3 heterocycles. The molecular weight excluding hydrogens is 497 g/mol. The van der Waals surface area contributed by atoms with E-state index < -0.39 is 11.7 Å². The number of amides is 1. The molecule has 0 fully saturated rings. The molecule has 0 radical (unpaired) electrons. The summed E-state index contributed by atoms with van der Waals surface area (Å²) in [5.74, 6) is -0.554. The predicted molar refractivity (Wildman–Crippen MR) is 150 cm³/mol. The highest BCUT2D eigenvalue weighted by atomic mass is 19.1. The van der Waals surface area contributed by atoms with E-state index in [0.717, 1.165) is 22.2 Å². The number of benzene rings is 2. The maximum Gasteiger partial charge on any atom is 0.262 e. The van der Waals surface area contributed by atoms with Gasteiger partial charge in [-0.25, -0.2) is 14.4 Å². The molecule has 10 heteroatoms. The van der Waals surface area contributed by atoms with Crippen molar-refractivity contribution in [2.75, 3.05) is 11.9 Å². The normalized spacial score (nSPS) is 13.9. The Morgan fingerprint density at radius 3 is 2.87 bits per heavy atom. The van der Waals surface area contributed by atoms with Crippen LogP contribution in [-0.4, -0.2) is 40.0 Å². The highest BCUT2D eigenvalue weighted by Crippen LogP contribution is 2.39. The first kappa shape index (κ1) is 25.5. The van der Waals surface area contributed by atoms with Gasteiger partial charge in [-0.1, -0.05) is 24.3 Å². The van der Waals surface area contributed by atoms with Crippen LogP contribution in [0, 0.1) is 12.7 Å². The maximum atomic E-state index is 14.7. The number of rotatable bonds is 7. The second-order valence-corrected chi connectivity index (χ2v) is 9.09. The third kappa shape index (κ3) is 4.68. The molecule has 39 heavy (non-hydrogen) atoms. The number of halogens is 1. The summed E-state index contributed by atoms with van der Waals surface area (Å²) in [4.78, 5) is 42.3. The summed E-state index contributed by atoms with van der Waals surface area (Å²) in [6, 6.07) is 8.39. The molecule has 4 aromatic rings. The van der Waals surface area contributed by atoms with E-state index in [-0.39, 0.29) is 23.9 Å². The number of aliphatic imine (C=N–C) groups is 1. The van der Waals surface area contributed by atoms with E-state index in [9.17, 15) is 14.0 Å². The smallest absolute Gasteiger partial charge is 0.262 e. The van der Waals surface area contributed by atoms with Crippen LogP contribution in [0.1, 0.15) is 34.0 Å². The number of anilines is 1. The fourth-order valence-corrected chi connectivity index (χ4v) is 4.66. The van der Waals surface area contributed by atoms with Crippen LogP contribution in [0.3, 0.4) is 0 Å². The molecule has 1 amide bonds. The number of aryl methyl sites for hydroxylation is 1. The van der Waals surface area contributed by atoms with Crippen LogP contribution in [0.4, 0.5) is 16.0 Å². The topological polar surface area (TPSA) is 129 Å². The monoisotopic (exact) mass is 523 g/mol. The highest BCUT2D eigenvalue weighted by molar-refractivity contribution is 6.15. The Balaban J connectivity index is 1.56. The summed E-state index contributed by atoms with van der Waals surface area (Å²) in [5, 5.41) is 3.81. The van der Waals surface area contributed by atoms with Gasteiger partial charge < -0.3 is 20.9 Å². The largest absolute Gasteiger partial charge is 0.392 e. The number of hydrogen-bond acceptors (Lipinski definition) is 6. The number of H-pyrrole nitrogens is 1. The number of aromatic amines is 1. The molecule has 1 aliphatic heterocycles. The lowest BCUT2D eigenvalue weighted by Gasteiger charge is -2.17. The molecular formula is C29H26FN7O2. The number of carbonyl (C=O) groups is 2. The van der Waals surface area contributed by atoms with Crippen LogP contribution in [0.5, 0.6) is 0 Å². The average molecular weight is 524 g/mol. The average Bonchev–Trinajstić information content (AvgIpc) is 3.51. The minimum Gasteiger partial charge on any atom is -0.392 e. The van der Waals surface area contributed by atoms with Gasteiger partial charge in [0.05, 0.1) is 29.0 Å². The van der Waals surface area contributed by atoms with E-state index >= 15 is 0 Å². The molecule has 2 aromatic carbocycles. The van der Waals surface area contributed by atoms with Crippen molar-refractivity contribution in [2.24, 2.45) is 10.7 Å². The van der Waals surface area contributed by atoms with Gasteiger partial charge in [-0.15, -0.1) is 0 Å². The third-order valence-electron chi connectivity index (χ3n) is 6.61. The Morgan fingerprint density at radius 1 is 1.28 bits per heavy atom. The molecule has 0 bridgehead atoms. The molecule has 5 rings (SSSR count). The molecule has 1 aliphatic rings. The van der Waals surface area contributed by atoms with Gasteiger partial charge in [0.2, 0.25) is 0 Å². The number of allylic oxidation sites excluding steroid dienone is 2. The standard InChI is InChI=1S/C29H26FN7O2/c1-16-13-34-29(35-24(31)12-17(2)32-3)36-26(16)20-14-33-27-19(20)7-4-8-23(27)37-15-21-18(6-5-11-38)9-10-22(30)25(21)28(37)39/h4-14,32-33H,15H2,1-3H3,(H2,31,34,35,36)/b6-5+,17-12-. The fraction of sp³-hybridized carbons (Fsp3) is 0.138. The van der Waals surface area contributed by atoms with Crippen molar-refractivity contribution in [1.82, 2.24) is 20.3 Å². The first-order chi connectivity index (χ1) is 18.8. The van der Waals surface area contributed by atoms with Crippen molar-refractivity contribution in [3.8, 4) is 11.3 Å². The number of aldehydes is 1. The van der Waals surface area contributed by atoms with Gasteiger partial charge in [0.15, 0.2) is 0 Å². The maximum absolute atomic E-state index is 14.7. The first-order valence-electron chi connectivity index (χ1n) is 12.2. The van der Waals surface area contributed by atoms with Crippen LogP contribution in [0.15, 0.2) is 65.6 Å². The van der Waals surface area contributed by atoms with Gasteiger partial charge in [0, 0.05) is 36.1 Å². The Labute approximate surface area is 224 Å². The first-order valence-corrected chi connectivity index (χ1v) is 12.2. The Morgan fingerprint density at radius 2 is 2.10 bits per heavy atom. The number of aromatic nitrogens is 3. The summed E-state index contributed by atoms with van der Waals surface area (Å²) in [5.41, 5.74) is 11.7. The lowest BCUT2D eigenvalue weighted by atomic mass is 10.0. The summed E-state index contributed by atoms with van der Waals surface area (Å²) in [6.07, 6.45) is 8.74. The Kier molecular flexibility index (Phi) is 6.76. The van der Waals surface area contributed by atoms with Crippen molar-refractivity contribution >= 4 is 46.6 Å². The van der Waals surface area contributed by atoms with Crippen LogP contribution >= 0.6 is 0 Å². The number of hydrogen-bond donors (Lipinski definition) is 3. The van der Waals surface area contributed by atoms with Crippen molar-refractivity contribution in [3.05, 3.63) is 88.6 Å². The van der Waals surface area contributed by atoms with E-state index in [1.165, 1.54) is 17.0 Å². The highest BCUT2D eigenvalue weighted by Gasteiger charge is 2.34. The molecule has 196 valence electrons. The predicted octanol–water partition coefficient (Wildman–Crippen LogP) is 4.56. The summed E-state index contributed by atoms with van der Waals surface area (Å²) in [7, 11) is 1.79. The van der Waals surface area contributed by atoms with Crippen molar-refractivity contribution in [2.45, 2.75) is 20.4 Å². The molecule has 0 atom stereocenters. The zero-order valence-corrected chi connectivity index (χ0v) is 21.6. The summed E-state index contributed by atoms with van der Waals surface area (Å²) in [6.45, 7) is 3.94. The number of nitrogens with two attached hydrogens (primary N) is 1. The third-order valence-corrected chi connectivity index (χ3v) is 6.61. The van der Waals surface area contributed by atoms with E-state index in [1.54, 1.807) is 31.5 Å². The number of fused-ring (bicyclic) bond motifs is 2. The van der Waals surface area contributed by atoms with E-state index in [0.29, 0.717) is 34.3 Å². The minimum atomic E-state index is -0.594. The molecule has 0 saturated heterocycles. The molecule has 2 aromatic heterocycles. The van der Waals surface area contributed by atoms with Crippen molar-refractivity contribution in [1.29, 1.82) is 0 Å². The molecule has 4 N–H and O–H groups in total. The number of para-hydroxylation sites is 1. The van der Waals surface area contributed by atoms with Crippen molar-refractivity contribution < 1.29 is 14.0 Å². The zero-order valence-electron chi connectivity index (χ0n) is 21.6. The summed E-state index contributed by atoms with van der Waals surface area (Å²) >= 11 is 0. The number of carbonyl (C=O) groups excluding carboxylic acids is 2. The second kappa shape index (κ2) is 10.3. The number of nitrogens with one attached hydrogen (secondary N) is 2. The van der Waals surface area contributed by atoms with Gasteiger partial charge in [-0.05, 0) is 54.8 Å². The van der Waals surface area contributed by atoms with Crippen LogP contribution < -0.4 is 16.0 Å². The van der Waals surface area contributed by atoms with Crippen molar-refractivity contribution in [3.63, 3.8) is 0 Å². The molecule has 0 spiro atoms. The fourth-order valence-electron chi connectivity index (χ4n) is 4.66. The Bertz CT molecular complexity index is 1720. The van der Waals surface area contributed by atoms with Crippen LogP contribution in [0.2, 0.25) is 0 Å². The van der Waals surface area contributed by atoms with Crippen LogP contribution in [0.25, 0.3) is 28.2 Å². The second-order valence-electron chi connectivity index (χ2n) is 9.09. The van der Waals surface area contributed by atoms with Gasteiger partial charge in [-0.2, -0.15) is 4.99 Å². The SMILES string of the molecule is CN/C(C)=C\C(N)=N/c1ncc(C)c(-c2c[nH]c3c(N4Cc5c(/C=C/C=O)ccc(F)c5C4=O)cccc23)n1. The molecule has 0 saturated carbocycles. The van der Waals surface area contributed by atoms with Gasteiger partial charge >= 0.3 is 0 Å². The van der Waals surface area contributed by atoms with E-state index in [2.05, 4.69) is 25.3 Å². The zero-order chi connectivity index (χ0) is 27.7. The number of amidine groups is 1. The van der Waals surface area contributed by atoms with Crippen LogP contribution in [-0.2, 0) is 11.3 Å².